The van der Waals surface area contributed by atoms with Gasteiger partial charge in [-0.3, -0.25) is 0 Å². The zero-order chi connectivity index (χ0) is 8.55. The Labute approximate surface area is 76.6 Å². The summed E-state index contributed by atoms with van der Waals surface area (Å²) in [6, 6.07) is 0. The summed E-state index contributed by atoms with van der Waals surface area (Å²) >= 11 is 1.68. The lowest BCUT2D eigenvalue weighted by atomic mass is 9.93. The molecule has 1 aromatic heterocycles. The molecule has 1 aliphatic carbocycles. The summed E-state index contributed by atoms with van der Waals surface area (Å²) in [5, 5.41) is 1.00. The number of thiophene rings is 1. The van der Waals surface area contributed by atoms with Gasteiger partial charge in [0.05, 0.1) is 5.00 Å². The zero-order valence-corrected chi connectivity index (χ0v) is 7.91. The Morgan fingerprint density at radius 2 is 1.83 bits per heavy atom. The average molecular weight is 182 g/mol. The Morgan fingerprint density at radius 3 is 2.50 bits per heavy atom. The predicted octanol–water partition coefficient (Wildman–Crippen LogP) is 1.67. The van der Waals surface area contributed by atoms with Gasteiger partial charge in [0.25, 0.3) is 0 Å². The molecule has 0 saturated heterocycles. The third kappa shape index (κ3) is 1.13. The number of nitrogen functional groups attached to an aromatic ring is 1. The van der Waals surface area contributed by atoms with Crippen LogP contribution in [0.1, 0.15) is 28.8 Å². The van der Waals surface area contributed by atoms with Crippen molar-refractivity contribution >= 4 is 16.3 Å². The lowest BCUT2D eigenvalue weighted by molar-refractivity contribution is 0.686. The number of nitrogens with two attached hydrogens (primary N) is 2. The van der Waals surface area contributed by atoms with E-state index in [1.165, 1.54) is 35.3 Å². The standard InChI is InChI=1S/C9H14N2S/c10-5-8-6-3-1-2-4-7(6)9(11)12-8/h1-5,10-11H2. The third-order valence-electron chi connectivity index (χ3n) is 2.52. The van der Waals surface area contributed by atoms with Crippen LogP contribution in [0, 0.1) is 0 Å². The first kappa shape index (κ1) is 8.08. The van der Waals surface area contributed by atoms with Gasteiger partial charge in [-0.2, -0.15) is 0 Å². The van der Waals surface area contributed by atoms with Crippen molar-refractivity contribution in [3.05, 3.63) is 16.0 Å². The fourth-order valence-electron chi connectivity index (χ4n) is 1.91. The van der Waals surface area contributed by atoms with Crippen LogP contribution in [0.25, 0.3) is 0 Å². The molecule has 12 heavy (non-hydrogen) atoms. The van der Waals surface area contributed by atoms with Crippen LogP contribution >= 0.6 is 11.3 Å². The van der Waals surface area contributed by atoms with Crippen LogP contribution in [-0.4, -0.2) is 0 Å². The normalized spacial score (nSPS) is 16.1. The van der Waals surface area contributed by atoms with Crippen LogP contribution in [0.15, 0.2) is 0 Å². The lowest BCUT2D eigenvalue weighted by Crippen LogP contribution is -2.05. The minimum absolute atomic E-state index is 0.657. The first-order valence-corrected chi connectivity index (χ1v) is 5.23. The summed E-state index contributed by atoms with van der Waals surface area (Å²) in [6.45, 7) is 0.657. The molecule has 4 N–H and O–H groups in total. The molecule has 1 heterocycles. The Bertz CT molecular complexity index is 291. The van der Waals surface area contributed by atoms with E-state index in [-0.39, 0.29) is 0 Å². The van der Waals surface area contributed by atoms with E-state index >= 15 is 0 Å². The van der Waals surface area contributed by atoms with E-state index < -0.39 is 0 Å². The molecule has 0 unspecified atom stereocenters. The van der Waals surface area contributed by atoms with E-state index in [0.717, 1.165) is 11.4 Å². The highest BCUT2D eigenvalue weighted by molar-refractivity contribution is 7.16. The van der Waals surface area contributed by atoms with Gasteiger partial charge >= 0.3 is 0 Å². The molecule has 0 radical (unpaired) electrons. The largest absolute Gasteiger partial charge is 0.390 e. The topological polar surface area (TPSA) is 52.0 Å². The number of anilines is 1. The maximum atomic E-state index is 5.90. The van der Waals surface area contributed by atoms with Gasteiger partial charge in [0.2, 0.25) is 0 Å². The second-order valence-electron chi connectivity index (χ2n) is 3.26. The van der Waals surface area contributed by atoms with Crippen molar-refractivity contribution in [2.45, 2.75) is 32.2 Å². The summed E-state index contributed by atoms with van der Waals surface area (Å²) in [6.07, 6.45) is 4.95. The van der Waals surface area contributed by atoms with Crippen molar-refractivity contribution < 1.29 is 0 Å². The summed E-state index contributed by atoms with van der Waals surface area (Å²) in [4.78, 5) is 1.31. The van der Waals surface area contributed by atoms with Crippen LogP contribution in [0.3, 0.4) is 0 Å². The average Bonchev–Trinajstić information content (AvgIpc) is 2.44. The number of fused-ring (bicyclic) bond motifs is 1. The van der Waals surface area contributed by atoms with Gasteiger partial charge in [-0.05, 0) is 36.8 Å². The second kappa shape index (κ2) is 3.07. The van der Waals surface area contributed by atoms with E-state index in [2.05, 4.69) is 0 Å². The zero-order valence-electron chi connectivity index (χ0n) is 7.10. The highest BCUT2D eigenvalue weighted by Crippen LogP contribution is 2.35. The molecule has 2 nitrogen and oxygen atoms in total. The van der Waals surface area contributed by atoms with Gasteiger partial charge in [-0.25, -0.2) is 0 Å². The van der Waals surface area contributed by atoms with Gasteiger partial charge < -0.3 is 11.5 Å². The molecular weight excluding hydrogens is 168 g/mol. The maximum absolute atomic E-state index is 5.90. The Morgan fingerprint density at radius 1 is 1.17 bits per heavy atom. The molecule has 0 bridgehead atoms. The van der Waals surface area contributed by atoms with Crippen LogP contribution in [0.4, 0.5) is 5.00 Å². The molecular formula is C9H14N2S. The Balaban J connectivity index is 2.47. The summed E-state index contributed by atoms with van der Waals surface area (Å²) in [7, 11) is 0. The van der Waals surface area contributed by atoms with Crippen molar-refractivity contribution in [1.82, 2.24) is 0 Å². The molecule has 2 rings (SSSR count). The fourth-order valence-corrected chi connectivity index (χ4v) is 2.95. The molecule has 66 valence electrons. The van der Waals surface area contributed by atoms with Gasteiger partial charge in [-0.1, -0.05) is 0 Å². The number of rotatable bonds is 1. The summed E-state index contributed by atoms with van der Waals surface area (Å²) in [5.74, 6) is 0. The van der Waals surface area contributed by atoms with Gasteiger partial charge in [0.1, 0.15) is 0 Å². The molecule has 3 heteroatoms. The Kier molecular flexibility index (Phi) is 2.07. The van der Waals surface area contributed by atoms with Crippen LogP contribution in [-0.2, 0) is 19.4 Å². The van der Waals surface area contributed by atoms with Crippen molar-refractivity contribution in [3.8, 4) is 0 Å². The molecule has 0 amide bonds. The first-order chi connectivity index (χ1) is 5.83. The van der Waals surface area contributed by atoms with E-state index in [1.54, 1.807) is 11.3 Å². The molecule has 0 saturated carbocycles. The fraction of sp³-hybridized carbons (Fsp3) is 0.556. The van der Waals surface area contributed by atoms with Gasteiger partial charge in [0, 0.05) is 11.4 Å². The predicted molar refractivity (Wildman–Crippen MR) is 53.3 cm³/mol. The maximum Gasteiger partial charge on any atom is 0.0895 e. The van der Waals surface area contributed by atoms with Crippen molar-refractivity contribution in [2.75, 3.05) is 5.73 Å². The summed E-state index contributed by atoms with van der Waals surface area (Å²) < 4.78 is 0. The Hall–Kier alpha value is -0.540. The molecule has 1 aliphatic rings. The number of hydrogen-bond donors (Lipinski definition) is 2. The summed E-state index contributed by atoms with van der Waals surface area (Å²) in [5.41, 5.74) is 14.4. The first-order valence-electron chi connectivity index (χ1n) is 4.42. The van der Waals surface area contributed by atoms with Crippen molar-refractivity contribution in [2.24, 2.45) is 5.73 Å². The SMILES string of the molecule is NCc1sc(N)c2c1CCCC2. The molecule has 0 aromatic carbocycles. The van der Waals surface area contributed by atoms with E-state index in [4.69, 9.17) is 11.5 Å². The van der Waals surface area contributed by atoms with E-state index in [9.17, 15) is 0 Å². The van der Waals surface area contributed by atoms with E-state index in [1.807, 2.05) is 0 Å². The highest BCUT2D eigenvalue weighted by Gasteiger charge is 2.17. The van der Waals surface area contributed by atoms with Gasteiger partial charge in [-0.15, -0.1) is 11.3 Å². The second-order valence-corrected chi connectivity index (χ2v) is 4.39. The van der Waals surface area contributed by atoms with Crippen LogP contribution in [0.5, 0.6) is 0 Å². The highest BCUT2D eigenvalue weighted by atomic mass is 32.1. The molecule has 0 fully saturated rings. The van der Waals surface area contributed by atoms with Crippen LogP contribution < -0.4 is 11.5 Å². The monoisotopic (exact) mass is 182 g/mol. The number of hydrogen-bond acceptors (Lipinski definition) is 3. The molecule has 1 aromatic rings. The smallest absolute Gasteiger partial charge is 0.0895 e. The van der Waals surface area contributed by atoms with Crippen LogP contribution in [0.2, 0.25) is 0 Å². The lowest BCUT2D eigenvalue weighted by Gasteiger charge is -2.12. The molecule has 0 aliphatic heterocycles. The minimum atomic E-state index is 0.657. The van der Waals surface area contributed by atoms with Gasteiger partial charge in [0.15, 0.2) is 0 Å². The molecule has 0 atom stereocenters. The van der Waals surface area contributed by atoms with E-state index in [0.29, 0.717) is 6.54 Å². The quantitative estimate of drug-likeness (QED) is 0.694. The third-order valence-corrected chi connectivity index (χ3v) is 3.65. The van der Waals surface area contributed by atoms with Crippen molar-refractivity contribution in [1.29, 1.82) is 0 Å². The molecule has 0 spiro atoms. The minimum Gasteiger partial charge on any atom is -0.390 e. The van der Waals surface area contributed by atoms with Crippen molar-refractivity contribution in [3.63, 3.8) is 0 Å².